The van der Waals surface area contributed by atoms with Gasteiger partial charge in [-0.3, -0.25) is 4.72 Å². The summed E-state index contributed by atoms with van der Waals surface area (Å²) in [6, 6.07) is 4.69. The van der Waals surface area contributed by atoms with E-state index in [1.165, 1.54) is 18.3 Å². The van der Waals surface area contributed by atoms with Crippen molar-refractivity contribution < 1.29 is 17.2 Å². The van der Waals surface area contributed by atoms with Gasteiger partial charge in [0.1, 0.15) is 4.90 Å². The highest BCUT2D eigenvalue weighted by Crippen LogP contribution is 2.22. The number of halogens is 2. The van der Waals surface area contributed by atoms with Crippen LogP contribution in [0.15, 0.2) is 35.4 Å². The SMILES string of the molecule is CCn1cc(S(=O)(=O)Nc2cccc(F)c2F)cc1CN. The summed E-state index contributed by atoms with van der Waals surface area (Å²) in [5, 5.41) is 0. The molecule has 0 fully saturated rings. The number of nitrogens with one attached hydrogen (secondary N) is 1. The van der Waals surface area contributed by atoms with Crippen molar-refractivity contribution in [3.05, 3.63) is 47.8 Å². The molecule has 0 aliphatic carbocycles. The molecule has 0 aliphatic rings. The predicted octanol–water partition coefficient (Wildman–Crippen LogP) is 2.05. The average molecular weight is 315 g/mol. The largest absolute Gasteiger partial charge is 0.349 e. The number of nitrogens with zero attached hydrogens (tertiary/aromatic N) is 1. The van der Waals surface area contributed by atoms with Crippen LogP contribution < -0.4 is 10.5 Å². The van der Waals surface area contributed by atoms with Crippen molar-refractivity contribution in [1.29, 1.82) is 0 Å². The van der Waals surface area contributed by atoms with E-state index in [1.54, 1.807) is 4.57 Å². The first-order valence-corrected chi connectivity index (χ1v) is 7.73. The van der Waals surface area contributed by atoms with E-state index in [0.717, 1.165) is 12.1 Å². The molecule has 0 radical (unpaired) electrons. The highest BCUT2D eigenvalue weighted by atomic mass is 32.2. The second-order valence-corrected chi connectivity index (χ2v) is 6.05. The fourth-order valence-electron chi connectivity index (χ4n) is 1.92. The third-order valence-corrected chi connectivity index (χ3v) is 4.35. The summed E-state index contributed by atoms with van der Waals surface area (Å²) >= 11 is 0. The van der Waals surface area contributed by atoms with Crippen molar-refractivity contribution in [2.75, 3.05) is 4.72 Å². The molecule has 0 amide bonds. The maximum atomic E-state index is 13.5. The van der Waals surface area contributed by atoms with Crippen molar-refractivity contribution in [2.45, 2.75) is 24.9 Å². The van der Waals surface area contributed by atoms with E-state index < -0.39 is 27.3 Å². The van der Waals surface area contributed by atoms with Gasteiger partial charge in [0.15, 0.2) is 11.6 Å². The smallest absolute Gasteiger partial charge is 0.263 e. The summed E-state index contributed by atoms with van der Waals surface area (Å²) in [7, 11) is -4.01. The average Bonchev–Trinajstić information content (AvgIpc) is 2.88. The maximum absolute atomic E-state index is 13.5. The molecular formula is C13H15F2N3O2S. The molecule has 5 nitrogen and oxygen atoms in total. The summed E-state index contributed by atoms with van der Waals surface area (Å²) in [4.78, 5) is -0.0477. The Bertz CT molecular complexity index is 735. The molecule has 3 N–H and O–H groups in total. The summed E-state index contributed by atoms with van der Waals surface area (Å²) in [5.74, 6) is -2.36. The van der Waals surface area contributed by atoms with Gasteiger partial charge in [-0.2, -0.15) is 0 Å². The second kappa shape index (κ2) is 5.82. The quantitative estimate of drug-likeness (QED) is 0.886. The van der Waals surface area contributed by atoms with Gasteiger partial charge in [0.25, 0.3) is 10.0 Å². The molecule has 0 aliphatic heterocycles. The van der Waals surface area contributed by atoms with Gasteiger partial charge in [0, 0.05) is 25.0 Å². The molecule has 1 aromatic carbocycles. The monoisotopic (exact) mass is 315 g/mol. The number of hydrogen-bond donors (Lipinski definition) is 2. The summed E-state index contributed by atoms with van der Waals surface area (Å²) in [5.41, 5.74) is 5.73. The number of sulfonamides is 1. The Kier molecular flexibility index (Phi) is 4.29. The van der Waals surface area contributed by atoms with Gasteiger partial charge in [0.2, 0.25) is 0 Å². The van der Waals surface area contributed by atoms with Crippen LogP contribution in [0.2, 0.25) is 0 Å². The Morgan fingerprint density at radius 3 is 2.62 bits per heavy atom. The van der Waals surface area contributed by atoms with Crippen molar-refractivity contribution in [2.24, 2.45) is 5.73 Å². The van der Waals surface area contributed by atoms with Crippen LogP contribution in [-0.4, -0.2) is 13.0 Å². The van der Waals surface area contributed by atoms with Gasteiger partial charge < -0.3 is 10.3 Å². The van der Waals surface area contributed by atoms with Gasteiger partial charge >= 0.3 is 0 Å². The number of rotatable bonds is 5. The number of nitrogens with two attached hydrogens (primary N) is 1. The van der Waals surface area contributed by atoms with Crippen molar-refractivity contribution >= 4 is 15.7 Å². The molecule has 0 saturated carbocycles. The fourth-order valence-corrected chi connectivity index (χ4v) is 3.05. The van der Waals surface area contributed by atoms with E-state index in [-0.39, 0.29) is 11.4 Å². The highest BCUT2D eigenvalue weighted by molar-refractivity contribution is 7.92. The van der Waals surface area contributed by atoms with Crippen LogP contribution in [0.3, 0.4) is 0 Å². The van der Waals surface area contributed by atoms with E-state index in [9.17, 15) is 17.2 Å². The van der Waals surface area contributed by atoms with Gasteiger partial charge in [-0.15, -0.1) is 0 Å². The van der Waals surface area contributed by atoms with Gasteiger partial charge in [0.05, 0.1) is 5.69 Å². The lowest BCUT2D eigenvalue weighted by Gasteiger charge is -2.07. The number of benzene rings is 1. The minimum absolute atomic E-state index is 0.0477. The zero-order valence-corrected chi connectivity index (χ0v) is 12.1. The van der Waals surface area contributed by atoms with E-state index in [2.05, 4.69) is 0 Å². The summed E-state index contributed by atoms with van der Waals surface area (Å²) in [6.45, 7) is 2.57. The van der Waals surface area contributed by atoms with E-state index in [1.807, 2.05) is 11.6 Å². The van der Waals surface area contributed by atoms with Crippen LogP contribution in [-0.2, 0) is 23.1 Å². The van der Waals surface area contributed by atoms with Crippen LogP contribution in [0.1, 0.15) is 12.6 Å². The van der Waals surface area contributed by atoms with Crippen LogP contribution in [0.4, 0.5) is 14.5 Å². The van der Waals surface area contributed by atoms with Crippen molar-refractivity contribution in [3.8, 4) is 0 Å². The fraction of sp³-hybridized carbons (Fsp3) is 0.231. The van der Waals surface area contributed by atoms with Gasteiger partial charge in [-0.25, -0.2) is 17.2 Å². The number of aromatic nitrogens is 1. The topological polar surface area (TPSA) is 77.1 Å². The molecule has 0 atom stereocenters. The zero-order valence-electron chi connectivity index (χ0n) is 11.3. The first-order valence-electron chi connectivity index (χ1n) is 6.25. The van der Waals surface area contributed by atoms with E-state index in [0.29, 0.717) is 12.2 Å². The molecule has 2 rings (SSSR count). The van der Waals surface area contributed by atoms with Crippen molar-refractivity contribution in [1.82, 2.24) is 4.57 Å². The first kappa shape index (κ1) is 15.5. The Labute approximate surface area is 121 Å². The highest BCUT2D eigenvalue weighted by Gasteiger charge is 2.20. The minimum Gasteiger partial charge on any atom is -0.349 e. The van der Waals surface area contributed by atoms with E-state index >= 15 is 0 Å². The van der Waals surface area contributed by atoms with Crippen LogP contribution in [0.5, 0.6) is 0 Å². The van der Waals surface area contributed by atoms with Gasteiger partial charge in [-0.1, -0.05) is 6.07 Å². The molecule has 0 spiro atoms. The Hall–Kier alpha value is -1.93. The molecule has 114 valence electrons. The van der Waals surface area contributed by atoms with E-state index in [4.69, 9.17) is 5.73 Å². The molecule has 2 aromatic rings. The maximum Gasteiger partial charge on any atom is 0.263 e. The molecule has 21 heavy (non-hydrogen) atoms. The zero-order chi connectivity index (χ0) is 15.6. The molecule has 0 saturated heterocycles. The molecule has 1 aromatic heterocycles. The molecule has 0 bridgehead atoms. The van der Waals surface area contributed by atoms with Crippen molar-refractivity contribution in [3.63, 3.8) is 0 Å². The van der Waals surface area contributed by atoms with Gasteiger partial charge in [-0.05, 0) is 25.1 Å². The molecular weight excluding hydrogens is 300 g/mol. The lowest BCUT2D eigenvalue weighted by atomic mass is 10.3. The normalized spacial score (nSPS) is 11.6. The minimum atomic E-state index is -4.01. The third kappa shape index (κ3) is 3.06. The Morgan fingerprint density at radius 2 is 2.05 bits per heavy atom. The molecule has 8 heteroatoms. The summed E-state index contributed by atoms with van der Waals surface area (Å²) < 4.78 is 54.8. The Morgan fingerprint density at radius 1 is 1.33 bits per heavy atom. The summed E-state index contributed by atoms with van der Waals surface area (Å²) in [6.07, 6.45) is 1.40. The number of aryl methyl sites for hydroxylation is 1. The lowest BCUT2D eigenvalue weighted by molar-refractivity contribution is 0.511. The predicted molar refractivity (Wildman–Crippen MR) is 75.2 cm³/mol. The number of anilines is 1. The molecule has 0 unspecified atom stereocenters. The van der Waals surface area contributed by atoms with Crippen LogP contribution >= 0.6 is 0 Å². The van der Waals surface area contributed by atoms with Crippen LogP contribution in [0, 0.1) is 11.6 Å². The Balaban J connectivity index is 2.38. The standard InChI is InChI=1S/C13H15F2N3O2S/c1-2-18-8-10(6-9(18)7-16)21(19,20)17-12-5-3-4-11(14)13(12)15/h3-6,8,17H,2,7,16H2,1H3. The molecule has 1 heterocycles. The second-order valence-electron chi connectivity index (χ2n) is 4.36. The lowest BCUT2D eigenvalue weighted by Crippen LogP contribution is -2.13. The van der Waals surface area contributed by atoms with Crippen LogP contribution in [0.25, 0.3) is 0 Å². The number of hydrogen-bond acceptors (Lipinski definition) is 3. The third-order valence-electron chi connectivity index (χ3n) is 3.02. The first-order chi connectivity index (χ1) is 9.89.